The molecule has 84 valence electrons. The highest BCUT2D eigenvalue weighted by Gasteiger charge is 2.09. The molecule has 0 amide bonds. The first-order chi connectivity index (χ1) is 6.21. The van der Waals surface area contributed by atoms with Gasteiger partial charge in [-0.05, 0) is 34.6 Å². The zero-order valence-electron chi connectivity index (χ0n) is 9.53. The van der Waals surface area contributed by atoms with Gasteiger partial charge in [0, 0.05) is 6.42 Å². The molecule has 0 unspecified atom stereocenters. The van der Waals surface area contributed by atoms with Crippen molar-refractivity contribution in [1.82, 2.24) is 0 Å². The molecule has 1 N–H and O–H groups in total. The van der Waals surface area contributed by atoms with Crippen molar-refractivity contribution in [2.45, 2.75) is 46.6 Å². The van der Waals surface area contributed by atoms with Gasteiger partial charge in [0.2, 0.25) is 0 Å². The number of aliphatic hydroxyl groups is 1. The van der Waals surface area contributed by atoms with Crippen LogP contribution in [-0.2, 0) is 14.4 Å². The largest absolute Gasteiger partial charge is 0.390 e. The van der Waals surface area contributed by atoms with Gasteiger partial charge in [0.25, 0.3) is 0 Å². The lowest BCUT2D eigenvalue weighted by molar-refractivity contribution is -0.115. The Labute approximate surface area is 85.3 Å². The van der Waals surface area contributed by atoms with Crippen LogP contribution >= 0.6 is 0 Å². The molecule has 0 aliphatic heterocycles. The van der Waals surface area contributed by atoms with E-state index in [9.17, 15) is 9.59 Å². The summed E-state index contributed by atoms with van der Waals surface area (Å²) in [7, 11) is 0. The molecule has 0 radical (unpaired) electrons. The average Bonchev–Trinajstić information content (AvgIpc) is 1.83. The number of rotatable bonds is 2. The summed E-state index contributed by atoms with van der Waals surface area (Å²) in [6.07, 6.45) is 1.67. The molecule has 0 aromatic rings. The third-order valence-corrected chi connectivity index (χ3v) is 0.583. The molecular formula is C10H20O4. The maximum Gasteiger partial charge on any atom is 0.126 e. The van der Waals surface area contributed by atoms with Crippen LogP contribution in [0.5, 0.6) is 0 Å². The first-order valence-corrected chi connectivity index (χ1v) is 4.24. The predicted octanol–water partition coefficient (Wildman–Crippen LogP) is 1.15. The van der Waals surface area contributed by atoms with Gasteiger partial charge in [0.05, 0.1) is 5.60 Å². The van der Waals surface area contributed by atoms with Crippen molar-refractivity contribution in [3.63, 3.8) is 0 Å². The van der Waals surface area contributed by atoms with E-state index in [0.29, 0.717) is 6.29 Å². The molecule has 0 saturated carbocycles. The lowest BCUT2D eigenvalue weighted by Gasteiger charge is -2.10. The van der Waals surface area contributed by atoms with Crippen molar-refractivity contribution >= 4 is 18.4 Å². The number of Topliss-reactive ketones (excluding diaryl/α,β-unsaturated/α-hetero) is 1. The molecule has 0 rings (SSSR count). The van der Waals surface area contributed by atoms with Crippen LogP contribution in [-0.4, -0.2) is 29.1 Å². The van der Waals surface area contributed by atoms with E-state index in [4.69, 9.17) is 9.90 Å². The highest BCUT2D eigenvalue weighted by Crippen LogP contribution is 2.02. The molecule has 0 aromatic heterocycles. The molecule has 4 heteroatoms. The van der Waals surface area contributed by atoms with Gasteiger partial charge in [0.1, 0.15) is 18.4 Å². The number of aldehydes is 2. The molecule has 0 aliphatic rings. The first-order valence-electron chi connectivity index (χ1n) is 4.24. The Morgan fingerprint density at radius 1 is 1.29 bits per heavy atom. The van der Waals surface area contributed by atoms with E-state index in [0.717, 1.165) is 6.29 Å². The van der Waals surface area contributed by atoms with Crippen molar-refractivity contribution in [2.75, 3.05) is 0 Å². The molecule has 0 aromatic carbocycles. The van der Waals surface area contributed by atoms with Gasteiger partial charge in [-0.1, -0.05) is 0 Å². The third kappa shape index (κ3) is 124. The fourth-order valence-electron chi connectivity index (χ4n) is 0.204. The lowest BCUT2D eigenvalue weighted by Crippen LogP contribution is -2.18. The van der Waals surface area contributed by atoms with E-state index < -0.39 is 5.60 Å². The fraction of sp³-hybridized carbons (Fsp3) is 0.700. The molecule has 0 saturated heterocycles. The predicted molar refractivity (Wildman–Crippen MR) is 55.1 cm³/mol. The minimum atomic E-state index is -0.818. The number of hydrogen-bond donors (Lipinski definition) is 1. The Kier molecular flexibility index (Phi) is 16.0. The summed E-state index contributed by atoms with van der Waals surface area (Å²) in [5, 5.41) is 8.79. The molecular weight excluding hydrogens is 184 g/mol. The van der Waals surface area contributed by atoms with Crippen LogP contribution in [0.3, 0.4) is 0 Å². The topological polar surface area (TPSA) is 71.4 Å². The monoisotopic (exact) mass is 204 g/mol. The van der Waals surface area contributed by atoms with Crippen molar-refractivity contribution in [3.8, 4) is 0 Å². The van der Waals surface area contributed by atoms with Gasteiger partial charge in [-0.2, -0.15) is 0 Å². The SMILES string of the molecule is CC(C)(O)CC=O.CC(C)=O.CC=O. The van der Waals surface area contributed by atoms with E-state index in [2.05, 4.69) is 0 Å². The Hall–Kier alpha value is -1.03. The van der Waals surface area contributed by atoms with E-state index in [1.165, 1.54) is 20.8 Å². The number of carbonyl (C=O) groups is 3. The molecule has 4 nitrogen and oxygen atoms in total. The summed E-state index contributed by atoms with van der Waals surface area (Å²) >= 11 is 0. The lowest BCUT2D eigenvalue weighted by atomic mass is 10.1. The smallest absolute Gasteiger partial charge is 0.126 e. The van der Waals surface area contributed by atoms with Crippen LogP contribution in [0.25, 0.3) is 0 Å². The normalized spacial score (nSPS) is 8.43. The van der Waals surface area contributed by atoms with Crippen molar-refractivity contribution in [2.24, 2.45) is 0 Å². The van der Waals surface area contributed by atoms with E-state index in [1.807, 2.05) is 0 Å². The van der Waals surface area contributed by atoms with Gasteiger partial charge in [-0.15, -0.1) is 0 Å². The average molecular weight is 204 g/mol. The molecule has 0 heterocycles. The second-order valence-electron chi connectivity index (χ2n) is 3.33. The van der Waals surface area contributed by atoms with Crippen LogP contribution in [0, 0.1) is 0 Å². The Balaban J connectivity index is -0.000000147. The maximum atomic E-state index is 9.66. The fourth-order valence-corrected chi connectivity index (χ4v) is 0.204. The van der Waals surface area contributed by atoms with Crippen LogP contribution in [0.2, 0.25) is 0 Å². The van der Waals surface area contributed by atoms with Gasteiger partial charge in [0.15, 0.2) is 0 Å². The Morgan fingerprint density at radius 3 is 1.50 bits per heavy atom. The van der Waals surface area contributed by atoms with E-state index in [-0.39, 0.29) is 12.2 Å². The summed E-state index contributed by atoms with van der Waals surface area (Å²) in [6, 6.07) is 0. The zero-order chi connectivity index (χ0) is 12.2. The minimum Gasteiger partial charge on any atom is -0.390 e. The van der Waals surface area contributed by atoms with Gasteiger partial charge in [-0.3, -0.25) is 0 Å². The van der Waals surface area contributed by atoms with E-state index in [1.54, 1.807) is 13.8 Å². The summed E-state index contributed by atoms with van der Waals surface area (Å²) in [4.78, 5) is 27.9. The van der Waals surface area contributed by atoms with Crippen LogP contribution in [0.15, 0.2) is 0 Å². The second kappa shape index (κ2) is 12.0. The third-order valence-electron chi connectivity index (χ3n) is 0.583. The van der Waals surface area contributed by atoms with Gasteiger partial charge < -0.3 is 19.5 Å². The van der Waals surface area contributed by atoms with Crippen molar-refractivity contribution < 1.29 is 19.5 Å². The molecule has 0 spiro atoms. The summed E-state index contributed by atoms with van der Waals surface area (Å²) < 4.78 is 0. The molecule has 0 atom stereocenters. The Morgan fingerprint density at radius 2 is 1.50 bits per heavy atom. The first kappa shape index (κ1) is 18.7. The van der Waals surface area contributed by atoms with Gasteiger partial charge >= 0.3 is 0 Å². The summed E-state index contributed by atoms with van der Waals surface area (Å²) in [5.41, 5.74) is -0.818. The van der Waals surface area contributed by atoms with Gasteiger partial charge in [-0.25, -0.2) is 0 Å². The van der Waals surface area contributed by atoms with Crippen LogP contribution in [0.4, 0.5) is 0 Å². The Bertz CT molecular complexity index is 152. The minimum absolute atomic E-state index is 0.167. The van der Waals surface area contributed by atoms with E-state index >= 15 is 0 Å². The molecule has 14 heavy (non-hydrogen) atoms. The molecule has 0 bridgehead atoms. The zero-order valence-corrected chi connectivity index (χ0v) is 9.53. The van der Waals surface area contributed by atoms with Crippen molar-refractivity contribution in [1.29, 1.82) is 0 Å². The number of carbonyl (C=O) groups excluding carboxylic acids is 3. The maximum absolute atomic E-state index is 9.66. The van der Waals surface area contributed by atoms with Crippen molar-refractivity contribution in [3.05, 3.63) is 0 Å². The highest BCUT2D eigenvalue weighted by molar-refractivity contribution is 5.72. The molecule has 0 fully saturated rings. The van der Waals surface area contributed by atoms with Crippen LogP contribution < -0.4 is 0 Å². The standard InChI is InChI=1S/C5H10O2.C3H6O.C2H4O/c1-5(2,7)3-4-6;1-3(2)4;1-2-3/h4,7H,3H2,1-2H3;1-2H3;2H,1H3. The quantitative estimate of drug-likeness (QED) is 0.685. The number of hydrogen-bond acceptors (Lipinski definition) is 4. The second-order valence-corrected chi connectivity index (χ2v) is 3.33. The highest BCUT2D eigenvalue weighted by atomic mass is 16.3. The van der Waals surface area contributed by atoms with Crippen LogP contribution in [0.1, 0.15) is 41.0 Å². The summed E-state index contributed by atoms with van der Waals surface area (Å²) in [6.45, 7) is 7.70. The number of ketones is 1. The summed E-state index contributed by atoms with van der Waals surface area (Å²) in [5.74, 6) is 0.167. The molecule has 0 aliphatic carbocycles.